The highest BCUT2D eigenvalue weighted by molar-refractivity contribution is 5.65. The lowest BCUT2D eigenvalue weighted by atomic mass is 10.3. The van der Waals surface area contributed by atoms with Crippen LogP contribution in [0.3, 0.4) is 0 Å². The lowest BCUT2D eigenvalue weighted by molar-refractivity contribution is 0.0954. The van der Waals surface area contributed by atoms with Crippen LogP contribution in [0.2, 0.25) is 0 Å². The zero-order valence-corrected chi connectivity index (χ0v) is 7.27. The minimum absolute atomic E-state index is 0.183. The van der Waals surface area contributed by atoms with Gasteiger partial charge in [0.1, 0.15) is 0 Å². The van der Waals surface area contributed by atoms with E-state index in [-0.39, 0.29) is 12.7 Å². The SMILES string of the molecule is CN(C)C1CC(O)CN1C(=O)O. The average molecular weight is 174 g/mol. The van der Waals surface area contributed by atoms with E-state index < -0.39 is 12.2 Å². The number of rotatable bonds is 1. The molecule has 1 fully saturated rings. The quantitative estimate of drug-likeness (QED) is 0.568. The average Bonchev–Trinajstić information content (AvgIpc) is 2.31. The molecule has 5 nitrogen and oxygen atoms in total. The Morgan fingerprint density at radius 2 is 2.17 bits per heavy atom. The van der Waals surface area contributed by atoms with Crippen molar-refractivity contribution >= 4 is 6.09 Å². The fraction of sp³-hybridized carbons (Fsp3) is 0.857. The van der Waals surface area contributed by atoms with E-state index >= 15 is 0 Å². The first-order valence-corrected chi connectivity index (χ1v) is 3.86. The summed E-state index contributed by atoms with van der Waals surface area (Å²) in [6.07, 6.45) is -1.17. The van der Waals surface area contributed by atoms with Gasteiger partial charge in [-0.15, -0.1) is 0 Å². The predicted octanol–water partition coefficient (Wildman–Crippen LogP) is -0.381. The van der Waals surface area contributed by atoms with Gasteiger partial charge in [-0.2, -0.15) is 0 Å². The molecule has 1 rings (SSSR count). The molecule has 70 valence electrons. The molecule has 1 heterocycles. The Labute approximate surface area is 71.2 Å². The van der Waals surface area contributed by atoms with Crippen LogP contribution in [0.25, 0.3) is 0 Å². The van der Waals surface area contributed by atoms with Gasteiger partial charge < -0.3 is 10.2 Å². The van der Waals surface area contributed by atoms with Crippen LogP contribution in [0.15, 0.2) is 0 Å². The van der Waals surface area contributed by atoms with E-state index in [1.165, 1.54) is 4.90 Å². The van der Waals surface area contributed by atoms with Crippen LogP contribution in [0.4, 0.5) is 4.79 Å². The lowest BCUT2D eigenvalue weighted by Crippen LogP contribution is -2.43. The van der Waals surface area contributed by atoms with Crippen LogP contribution in [0.5, 0.6) is 0 Å². The van der Waals surface area contributed by atoms with Gasteiger partial charge >= 0.3 is 6.09 Å². The minimum Gasteiger partial charge on any atom is -0.465 e. The molecule has 1 amide bonds. The molecule has 0 saturated carbocycles. The van der Waals surface area contributed by atoms with Gasteiger partial charge in [-0.25, -0.2) is 4.79 Å². The third-order valence-electron chi connectivity index (χ3n) is 2.09. The maximum absolute atomic E-state index is 10.7. The fourth-order valence-electron chi connectivity index (χ4n) is 1.49. The largest absolute Gasteiger partial charge is 0.465 e. The molecule has 2 unspecified atom stereocenters. The van der Waals surface area contributed by atoms with Crippen molar-refractivity contribution in [3.8, 4) is 0 Å². The van der Waals surface area contributed by atoms with Crippen LogP contribution in [0.1, 0.15) is 6.42 Å². The lowest BCUT2D eigenvalue weighted by Gasteiger charge is -2.26. The number of carboxylic acid groups (broad SMARTS) is 1. The van der Waals surface area contributed by atoms with Crippen molar-refractivity contribution in [3.63, 3.8) is 0 Å². The third-order valence-corrected chi connectivity index (χ3v) is 2.09. The summed E-state index contributed by atoms with van der Waals surface area (Å²) in [7, 11) is 3.61. The maximum Gasteiger partial charge on any atom is 0.408 e. The van der Waals surface area contributed by atoms with Gasteiger partial charge in [0.15, 0.2) is 0 Å². The second kappa shape index (κ2) is 3.28. The molecular formula is C7H14N2O3. The molecule has 0 aromatic carbocycles. The first-order valence-electron chi connectivity index (χ1n) is 3.86. The van der Waals surface area contributed by atoms with E-state index in [9.17, 15) is 9.90 Å². The number of hydrogen-bond acceptors (Lipinski definition) is 3. The van der Waals surface area contributed by atoms with Gasteiger partial charge in [-0.05, 0) is 14.1 Å². The molecule has 1 saturated heterocycles. The van der Waals surface area contributed by atoms with Gasteiger partial charge in [-0.1, -0.05) is 0 Å². The first kappa shape index (κ1) is 9.28. The van der Waals surface area contributed by atoms with E-state index in [1.807, 2.05) is 0 Å². The molecule has 1 aliphatic rings. The Kier molecular flexibility index (Phi) is 2.54. The number of likely N-dealkylation sites (tertiary alicyclic amines) is 1. The molecular weight excluding hydrogens is 160 g/mol. The van der Waals surface area contributed by atoms with Crippen molar-refractivity contribution in [2.24, 2.45) is 0 Å². The first-order chi connectivity index (χ1) is 5.52. The monoisotopic (exact) mass is 174 g/mol. The molecule has 1 aliphatic heterocycles. The normalized spacial score (nSPS) is 29.8. The van der Waals surface area contributed by atoms with Crippen molar-refractivity contribution in [2.75, 3.05) is 20.6 Å². The zero-order chi connectivity index (χ0) is 9.30. The zero-order valence-electron chi connectivity index (χ0n) is 7.27. The fourth-order valence-corrected chi connectivity index (χ4v) is 1.49. The summed E-state index contributed by atoms with van der Waals surface area (Å²) in [4.78, 5) is 13.7. The maximum atomic E-state index is 10.7. The van der Waals surface area contributed by atoms with Crippen molar-refractivity contribution in [1.82, 2.24) is 9.80 Å². The van der Waals surface area contributed by atoms with Gasteiger partial charge in [-0.3, -0.25) is 9.80 Å². The van der Waals surface area contributed by atoms with Crippen LogP contribution >= 0.6 is 0 Å². The van der Waals surface area contributed by atoms with E-state index in [1.54, 1.807) is 19.0 Å². The number of aliphatic hydroxyl groups is 1. The van der Waals surface area contributed by atoms with E-state index in [0.29, 0.717) is 6.42 Å². The number of hydrogen-bond donors (Lipinski definition) is 2. The molecule has 12 heavy (non-hydrogen) atoms. The number of nitrogens with zero attached hydrogens (tertiary/aromatic N) is 2. The summed E-state index contributed by atoms with van der Waals surface area (Å²) in [5, 5.41) is 18.0. The molecule has 0 radical (unpaired) electrons. The van der Waals surface area contributed by atoms with Crippen molar-refractivity contribution in [3.05, 3.63) is 0 Å². The molecule has 2 N–H and O–H groups in total. The summed E-state index contributed by atoms with van der Waals surface area (Å²) < 4.78 is 0. The van der Waals surface area contributed by atoms with Gasteiger partial charge in [0.25, 0.3) is 0 Å². The van der Waals surface area contributed by atoms with E-state index in [0.717, 1.165) is 0 Å². The second-order valence-electron chi connectivity index (χ2n) is 3.27. The highest BCUT2D eigenvalue weighted by Gasteiger charge is 2.35. The Bertz CT molecular complexity index is 183. The summed E-state index contributed by atoms with van der Waals surface area (Å²) in [6, 6.07) is 0. The van der Waals surface area contributed by atoms with Crippen molar-refractivity contribution in [1.29, 1.82) is 0 Å². The Morgan fingerprint density at radius 1 is 1.58 bits per heavy atom. The van der Waals surface area contributed by atoms with Crippen LogP contribution in [-0.2, 0) is 0 Å². The minimum atomic E-state index is -0.967. The summed E-state index contributed by atoms with van der Waals surface area (Å²) in [5.41, 5.74) is 0. The highest BCUT2D eigenvalue weighted by atomic mass is 16.4. The van der Waals surface area contributed by atoms with Crippen molar-refractivity contribution < 1.29 is 15.0 Å². The van der Waals surface area contributed by atoms with E-state index in [4.69, 9.17) is 5.11 Å². The van der Waals surface area contributed by atoms with Gasteiger partial charge in [0.2, 0.25) is 0 Å². The Balaban J connectivity index is 2.65. The topological polar surface area (TPSA) is 64.0 Å². The molecule has 0 aromatic heterocycles. The molecule has 0 spiro atoms. The van der Waals surface area contributed by atoms with Crippen LogP contribution in [-0.4, -0.2) is 59.0 Å². The van der Waals surface area contributed by atoms with Gasteiger partial charge in [0, 0.05) is 6.42 Å². The Morgan fingerprint density at radius 3 is 2.50 bits per heavy atom. The van der Waals surface area contributed by atoms with Crippen LogP contribution in [0, 0.1) is 0 Å². The van der Waals surface area contributed by atoms with Crippen molar-refractivity contribution in [2.45, 2.75) is 18.7 Å². The van der Waals surface area contributed by atoms with E-state index in [2.05, 4.69) is 0 Å². The van der Waals surface area contributed by atoms with Gasteiger partial charge in [0.05, 0.1) is 18.8 Å². The molecule has 0 aliphatic carbocycles. The molecule has 0 bridgehead atoms. The van der Waals surface area contributed by atoms with Crippen LogP contribution < -0.4 is 0 Å². The number of β-amino-alcohol motifs (C(OH)–C–C–N with tert-alkyl or cyclic N) is 1. The third kappa shape index (κ3) is 1.67. The molecule has 0 aromatic rings. The molecule has 5 heteroatoms. The summed E-state index contributed by atoms with van der Waals surface area (Å²) in [5.74, 6) is 0. The summed E-state index contributed by atoms with van der Waals surface area (Å²) >= 11 is 0. The highest BCUT2D eigenvalue weighted by Crippen LogP contribution is 2.18. The second-order valence-corrected chi connectivity index (χ2v) is 3.27. The number of amides is 1. The standard InChI is InChI=1S/C7H14N2O3/c1-8(2)6-3-5(10)4-9(6)7(11)12/h5-6,10H,3-4H2,1-2H3,(H,11,12). The number of aliphatic hydroxyl groups excluding tert-OH is 1. The predicted molar refractivity (Wildman–Crippen MR) is 42.8 cm³/mol. The Hall–Kier alpha value is -0.810. The number of carbonyl (C=O) groups is 1. The smallest absolute Gasteiger partial charge is 0.408 e. The molecule has 2 atom stereocenters. The summed E-state index contributed by atoms with van der Waals surface area (Å²) in [6.45, 7) is 0.220.